The third kappa shape index (κ3) is 2.44. The van der Waals surface area contributed by atoms with E-state index in [1.54, 1.807) is 11.6 Å². The normalized spacial score (nSPS) is 10.1. The van der Waals surface area contributed by atoms with Gasteiger partial charge >= 0.3 is 5.97 Å². The smallest absolute Gasteiger partial charge is 0.340 e. The molecule has 0 aliphatic rings. The molecule has 1 aromatic heterocycles. The Bertz CT molecular complexity index is 665. The number of carbonyl (C=O) groups excluding carboxylic acids is 1. The molecule has 0 amide bonds. The van der Waals surface area contributed by atoms with Gasteiger partial charge in [-0.15, -0.1) is 0 Å². The Kier molecular flexibility index (Phi) is 3.65. The van der Waals surface area contributed by atoms with Crippen molar-refractivity contribution in [1.29, 1.82) is 0 Å². The van der Waals surface area contributed by atoms with Crippen LogP contribution in [0.1, 0.15) is 10.4 Å². The molecule has 0 fully saturated rings. The molecule has 0 atom stereocenters. The average Bonchev–Trinajstić information content (AvgIpc) is 2.83. The Hall–Kier alpha value is -2.90. The third-order valence-corrected chi connectivity index (χ3v) is 2.71. The second-order valence-electron chi connectivity index (χ2n) is 3.96. The van der Waals surface area contributed by atoms with Gasteiger partial charge in [0.05, 0.1) is 30.1 Å². The summed E-state index contributed by atoms with van der Waals surface area (Å²) in [6, 6.07) is 4.20. The van der Waals surface area contributed by atoms with E-state index < -0.39 is 10.9 Å². The van der Waals surface area contributed by atoms with Gasteiger partial charge in [-0.3, -0.25) is 10.1 Å². The number of hydrogen-bond donors (Lipinski definition) is 1. The van der Waals surface area contributed by atoms with E-state index in [1.165, 1.54) is 37.8 Å². The number of ether oxygens (including phenoxy) is 1. The summed E-state index contributed by atoms with van der Waals surface area (Å²) in [7, 11) is 2.94. The van der Waals surface area contributed by atoms with Crippen molar-refractivity contribution in [1.82, 2.24) is 9.55 Å². The van der Waals surface area contributed by atoms with Crippen molar-refractivity contribution in [3.63, 3.8) is 0 Å². The number of hydrogen-bond acceptors (Lipinski definition) is 6. The van der Waals surface area contributed by atoms with E-state index in [9.17, 15) is 14.9 Å². The minimum absolute atomic E-state index is 0.0768. The molecule has 0 unspecified atom stereocenters. The number of methoxy groups -OCH3 is 1. The van der Waals surface area contributed by atoms with Gasteiger partial charge in [0, 0.05) is 13.1 Å². The van der Waals surface area contributed by atoms with E-state index in [1.807, 2.05) is 0 Å². The van der Waals surface area contributed by atoms with Crippen LogP contribution in [0.15, 0.2) is 30.7 Å². The molecule has 0 saturated heterocycles. The second-order valence-corrected chi connectivity index (χ2v) is 3.96. The highest BCUT2D eigenvalue weighted by Crippen LogP contribution is 2.31. The molecular formula is C12H12N4O4. The number of carbonyl (C=O) groups is 1. The maximum absolute atomic E-state index is 11.7. The first kappa shape index (κ1) is 13.5. The molecule has 1 N–H and O–H groups in total. The van der Waals surface area contributed by atoms with Crippen LogP contribution < -0.4 is 5.32 Å². The molecule has 8 heteroatoms. The fraction of sp³-hybridized carbons (Fsp3) is 0.167. The molecule has 0 aliphatic heterocycles. The summed E-state index contributed by atoms with van der Waals surface area (Å²) in [6.07, 6.45) is 3.03. The molecule has 1 heterocycles. The molecular weight excluding hydrogens is 264 g/mol. The number of anilines is 2. The van der Waals surface area contributed by atoms with E-state index in [0.717, 1.165) is 0 Å². The van der Waals surface area contributed by atoms with Crippen LogP contribution in [0.4, 0.5) is 17.2 Å². The molecule has 1 aromatic carbocycles. The first-order valence-corrected chi connectivity index (χ1v) is 5.63. The van der Waals surface area contributed by atoms with Crippen LogP contribution in [0.25, 0.3) is 0 Å². The molecule has 0 saturated carbocycles. The summed E-state index contributed by atoms with van der Waals surface area (Å²) in [5.41, 5.74) is -0.0510. The minimum Gasteiger partial charge on any atom is -0.465 e. The summed E-state index contributed by atoms with van der Waals surface area (Å²) in [4.78, 5) is 26.1. The lowest BCUT2D eigenvalue weighted by molar-refractivity contribution is -0.383. The average molecular weight is 276 g/mol. The van der Waals surface area contributed by atoms with Crippen molar-refractivity contribution in [3.05, 3.63) is 46.4 Å². The monoisotopic (exact) mass is 276 g/mol. The Morgan fingerprint density at radius 3 is 2.80 bits per heavy atom. The topological polar surface area (TPSA) is 99.3 Å². The number of nitro benzene ring substituents is 1. The molecule has 8 nitrogen and oxygen atoms in total. The molecule has 2 aromatic rings. The first-order valence-electron chi connectivity index (χ1n) is 5.63. The van der Waals surface area contributed by atoms with Crippen LogP contribution in [-0.4, -0.2) is 27.6 Å². The van der Waals surface area contributed by atoms with Crippen LogP contribution in [0.3, 0.4) is 0 Å². The van der Waals surface area contributed by atoms with E-state index in [-0.39, 0.29) is 16.9 Å². The molecule has 2 rings (SSSR count). The molecule has 0 aliphatic carbocycles. The van der Waals surface area contributed by atoms with E-state index in [2.05, 4.69) is 15.0 Å². The number of esters is 1. The van der Waals surface area contributed by atoms with Gasteiger partial charge in [-0.1, -0.05) is 6.07 Å². The molecule has 104 valence electrons. The summed E-state index contributed by atoms with van der Waals surface area (Å²) >= 11 is 0. The number of nitro groups is 1. The highest BCUT2D eigenvalue weighted by molar-refractivity contribution is 5.98. The van der Waals surface area contributed by atoms with Gasteiger partial charge < -0.3 is 14.6 Å². The van der Waals surface area contributed by atoms with Gasteiger partial charge in [0.15, 0.2) is 0 Å². The standard InChI is InChI=1S/C12H12N4O4/c1-15-7-13-6-10(15)14-11-8(12(17)20-2)4-3-5-9(11)16(18)19/h3-7,14H,1-2H3. The maximum atomic E-state index is 11.7. The van der Waals surface area contributed by atoms with Crippen molar-refractivity contribution >= 4 is 23.2 Å². The summed E-state index contributed by atoms with van der Waals surface area (Å²) in [6.45, 7) is 0. The van der Waals surface area contributed by atoms with Gasteiger partial charge in [-0.2, -0.15) is 0 Å². The van der Waals surface area contributed by atoms with Crippen LogP contribution in [0.5, 0.6) is 0 Å². The predicted octanol–water partition coefficient (Wildman–Crippen LogP) is 1.86. The summed E-state index contributed by atoms with van der Waals surface area (Å²) < 4.78 is 6.27. The Morgan fingerprint density at radius 2 is 2.25 bits per heavy atom. The zero-order valence-corrected chi connectivity index (χ0v) is 10.9. The van der Waals surface area contributed by atoms with Gasteiger partial charge in [-0.05, 0) is 6.07 Å². The van der Waals surface area contributed by atoms with Crippen molar-refractivity contribution in [2.24, 2.45) is 7.05 Å². The maximum Gasteiger partial charge on any atom is 0.340 e. The van der Waals surface area contributed by atoms with Crippen LogP contribution >= 0.6 is 0 Å². The summed E-state index contributed by atoms with van der Waals surface area (Å²) in [5.74, 6) is -0.136. The lowest BCUT2D eigenvalue weighted by Gasteiger charge is -2.11. The quantitative estimate of drug-likeness (QED) is 0.519. The van der Waals surface area contributed by atoms with Crippen molar-refractivity contribution in [3.8, 4) is 0 Å². The second kappa shape index (κ2) is 5.39. The third-order valence-electron chi connectivity index (χ3n) is 2.71. The van der Waals surface area contributed by atoms with Crippen molar-refractivity contribution in [2.45, 2.75) is 0 Å². The molecule has 0 spiro atoms. The largest absolute Gasteiger partial charge is 0.465 e. The van der Waals surface area contributed by atoms with Gasteiger partial charge in [0.1, 0.15) is 11.5 Å². The van der Waals surface area contributed by atoms with Gasteiger partial charge in [-0.25, -0.2) is 9.78 Å². The van der Waals surface area contributed by atoms with Crippen molar-refractivity contribution in [2.75, 3.05) is 12.4 Å². The number of rotatable bonds is 4. The molecule has 0 radical (unpaired) electrons. The Morgan fingerprint density at radius 1 is 1.50 bits per heavy atom. The van der Waals surface area contributed by atoms with Gasteiger partial charge in [0.25, 0.3) is 5.69 Å². The van der Waals surface area contributed by atoms with Crippen LogP contribution in [0.2, 0.25) is 0 Å². The number of aryl methyl sites for hydroxylation is 1. The first-order chi connectivity index (χ1) is 9.54. The number of benzene rings is 1. The van der Waals surface area contributed by atoms with E-state index in [4.69, 9.17) is 0 Å². The number of imidazole rings is 1. The fourth-order valence-electron chi connectivity index (χ4n) is 1.71. The Balaban J connectivity index is 2.55. The number of nitrogens with one attached hydrogen (secondary N) is 1. The lowest BCUT2D eigenvalue weighted by atomic mass is 10.1. The zero-order valence-electron chi connectivity index (χ0n) is 10.9. The molecule has 0 bridgehead atoms. The van der Waals surface area contributed by atoms with Crippen LogP contribution in [-0.2, 0) is 11.8 Å². The van der Waals surface area contributed by atoms with E-state index in [0.29, 0.717) is 5.82 Å². The minimum atomic E-state index is -0.654. The number of para-hydroxylation sites is 1. The molecule has 20 heavy (non-hydrogen) atoms. The number of aromatic nitrogens is 2. The highest BCUT2D eigenvalue weighted by Gasteiger charge is 2.22. The lowest BCUT2D eigenvalue weighted by Crippen LogP contribution is -2.09. The number of nitrogens with zero attached hydrogens (tertiary/aromatic N) is 3. The summed E-state index contributed by atoms with van der Waals surface area (Å²) in [5, 5.41) is 13.9. The van der Waals surface area contributed by atoms with Crippen molar-refractivity contribution < 1.29 is 14.5 Å². The highest BCUT2D eigenvalue weighted by atomic mass is 16.6. The zero-order chi connectivity index (χ0) is 14.7. The SMILES string of the molecule is COC(=O)c1cccc([N+](=O)[O-])c1Nc1cncn1C. The van der Waals surface area contributed by atoms with Crippen LogP contribution in [0, 0.1) is 10.1 Å². The van der Waals surface area contributed by atoms with Gasteiger partial charge in [0.2, 0.25) is 0 Å². The fourth-order valence-corrected chi connectivity index (χ4v) is 1.71. The van der Waals surface area contributed by atoms with E-state index >= 15 is 0 Å². The predicted molar refractivity (Wildman–Crippen MR) is 70.9 cm³/mol. The Labute approximate surface area is 114 Å².